The number of hydrogen-bond acceptors (Lipinski definition) is 6. The summed E-state index contributed by atoms with van der Waals surface area (Å²) in [7, 11) is -4.74. The molecule has 0 radical (unpaired) electrons. The molecule has 0 spiro atoms. The second-order valence-corrected chi connectivity index (χ2v) is 7.36. The first-order valence-electron chi connectivity index (χ1n) is 4.93. The minimum atomic E-state index is -4.74. The van der Waals surface area contributed by atoms with Gasteiger partial charge in [-0.15, -0.1) is 11.8 Å². The lowest BCUT2D eigenvalue weighted by molar-refractivity contribution is -0.167. The van der Waals surface area contributed by atoms with Crippen molar-refractivity contribution in [3.8, 4) is 0 Å². The summed E-state index contributed by atoms with van der Waals surface area (Å²) in [5.74, 6) is -1.91. The smallest absolute Gasteiger partial charge is 0.398 e. The highest BCUT2D eigenvalue weighted by Gasteiger charge is 2.65. The average Bonchev–Trinajstić information content (AvgIpc) is 2.42. The van der Waals surface area contributed by atoms with E-state index in [9.17, 15) is 18.0 Å². The van der Waals surface area contributed by atoms with Gasteiger partial charge in [0.05, 0.1) is 0 Å². The van der Waals surface area contributed by atoms with Crippen LogP contribution in [0.1, 0.15) is 13.8 Å². The van der Waals surface area contributed by atoms with Gasteiger partial charge in [-0.2, -0.15) is 8.42 Å². The molecular weight excluding hydrogens is 286 g/mol. The Balaban J connectivity index is 2.24. The van der Waals surface area contributed by atoms with Crippen molar-refractivity contribution in [2.75, 3.05) is 0 Å². The molecule has 2 rings (SSSR count). The molecule has 2 N–H and O–H groups in total. The topological polar surface area (TPSA) is 121 Å². The number of β-lactam (4-membered cyclic amide) rings is 1. The number of carbonyl (C=O) groups is 2. The number of fused-ring (bicyclic) bond motifs is 1. The lowest BCUT2D eigenvalue weighted by Crippen LogP contribution is -2.66. The van der Waals surface area contributed by atoms with Gasteiger partial charge in [-0.25, -0.2) is 8.98 Å². The zero-order valence-electron chi connectivity index (χ0n) is 9.43. The quantitative estimate of drug-likeness (QED) is 0.519. The predicted molar refractivity (Wildman–Crippen MR) is 60.1 cm³/mol. The molecule has 0 bridgehead atoms. The molecule has 102 valence electrons. The summed E-state index contributed by atoms with van der Waals surface area (Å²) >= 11 is 1.13. The fraction of sp³-hybridized carbons (Fsp3) is 0.750. The van der Waals surface area contributed by atoms with Gasteiger partial charge >= 0.3 is 16.4 Å². The largest absolute Gasteiger partial charge is 0.480 e. The van der Waals surface area contributed by atoms with Crippen LogP contribution >= 0.6 is 11.8 Å². The molecule has 2 heterocycles. The molecule has 18 heavy (non-hydrogen) atoms. The van der Waals surface area contributed by atoms with Crippen LogP contribution in [0.15, 0.2) is 0 Å². The number of thioether (sulfide) groups is 1. The van der Waals surface area contributed by atoms with Gasteiger partial charge in [-0.1, -0.05) is 0 Å². The summed E-state index contributed by atoms with van der Waals surface area (Å²) in [4.78, 5) is 23.9. The Kier molecular flexibility index (Phi) is 2.89. The predicted octanol–water partition coefficient (Wildman–Crippen LogP) is -0.679. The van der Waals surface area contributed by atoms with Crippen molar-refractivity contribution in [3.63, 3.8) is 0 Å². The summed E-state index contributed by atoms with van der Waals surface area (Å²) in [5, 5.41) is 8.38. The molecule has 3 atom stereocenters. The second-order valence-electron chi connectivity index (χ2n) is 4.54. The normalized spacial score (nSPS) is 34.1. The zero-order valence-corrected chi connectivity index (χ0v) is 11.1. The molecule has 1 amide bonds. The van der Waals surface area contributed by atoms with Gasteiger partial charge in [-0.05, 0) is 13.8 Å². The highest BCUT2D eigenvalue weighted by Crippen LogP contribution is 2.51. The summed E-state index contributed by atoms with van der Waals surface area (Å²) in [6.07, 6.45) is -1.35. The maximum absolute atomic E-state index is 11.7. The standard InChI is InChI=1S/C8H11NO7S2/c1-8(2)4(7(11)12)9-5(10)3(6(9)17-8)16-18(13,14)15/h3-4,6H,1-2H3,(H,11,12)(H,13,14,15)/t3-,4+,6-/m1/s1. The molecule has 0 saturated carbocycles. The average molecular weight is 297 g/mol. The van der Waals surface area contributed by atoms with Gasteiger partial charge in [0.15, 0.2) is 6.10 Å². The van der Waals surface area contributed by atoms with E-state index in [1.807, 2.05) is 0 Å². The minimum absolute atomic E-state index is 0.712. The first-order chi connectivity index (χ1) is 8.04. The molecule has 0 aromatic carbocycles. The summed E-state index contributed by atoms with van der Waals surface area (Å²) < 4.78 is 33.2. The Labute approximate surface area is 107 Å². The molecule has 2 aliphatic rings. The zero-order chi connectivity index (χ0) is 13.9. The maximum atomic E-state index is 11.7. The second kappa shape index (κ2) is 3.83. The van der Waals surface area contributed by atoms with Crippen molar-refractivity contribution < 1.29 is 31.8 Å². The molecule has 2 saturated heterocycles. The first kappa shape index (κ1) is 13.6. The number of carbonyl (C=O) groups excluding carboxylic acids is 1. The number of nitrogens with zero attached hydrogens (tertiary/aromatic N) is 1. The Morgan fingerprint density at radius 1 is 1.50 bits per heavy atom. The van der Waals surface area contributed by atoms with E-state index < -0.39 is 44.5 Å². The van der Waals surface area contributed by atoms with Crippen LogP contribution in [0.2, 0.25) is 0 Å². The van der Waals surface area contributed by atoms with Crippen molar-refractivity contribution in [3.05, 3.63) is 0 Å². The van der Waals surface area contributed by atoms with Crippen LogP contribution in [0.4, 0.5) is 0 Å². The van der Waals surface area contributed by atoms with Crippen molar-refractivity contribution >= 4 is 34.0 Å². The van der Waals surface area contributed by atoms with E-state index in [4.69, 9.17) is 9.66 Å². The van der Waals surface area contributed by atoms with Gasteiger partial charge in [0.2, 0.25) is 0 Å². The van der Waals surface area contributed by atoms with E-state index in [0.717, 1.165) is 16.7 Å². The van der Waals surface area contributed by atoms with E-state index in [0.29, 0.717) is 0 Å². The van der Waals surface area contributed by atoms with Gasteiger partial charge < -0.3 is 10.0 Å². The molecule has 0 aliphatic carbocycles. The van der Waals surface area contributed by atoms with Crippen LogP contribution in [-0.4, -0.2) is 57.1 Å². The van der Waals surface area contributed by atoms with Crippen LogP contribution in [0.5, 0.6) is 0 Å². The van der Waals surface area contributed by atoms with Crippen LogP contribution < -0.4 is 0 Å². The Bertz CT molecular complexity index is 514. The number of amides is 1. The van der Waals surface area contributed by atoms with Crippen LogP contribution in [0.3, 0.4) is 0 Å². The number of hydrogen-bond donors (Lipinski definition) is 2. The molecule has 0 aromatic heterocycles. The molecule has 10 heteroatoms. The monoisotopic (exact) mass is 297 g/mol. The highest BCUT2D eigenvalue weighted by molar-refractivity contribution is 8.01. The van der Waals surface area contributed by atoms with Crippen molar-refractivity contribution in [2.24, 2.45) is 0 Å². The lowest BCUT2D eigenvalue weighted by atomic mass is 9.97. The van der Waals surface area contributed by atoms with E-state index in [1.165, 1.54) is 0 Å². The van der Waals surface area contributed by atoms with Crippen molar-refractivity contribution in [2.45, 2.75) is 36.1 Å². The molecule has 0 unspecified atom stereocenters. The first-order valence-corrected chi connectivity index (χ1v) is 7.17. The van der Waals surface area contributed by atoms with Gasteiger partial charge in [0.25, 0.3) is 5.91 Å². The van der Waals surface area contributed by atoms with Gasteiger partial charge in [-0.3, -0.25) is 9.35 Å². The van der Waals surface area contributed by atoms with E-state index in [1.54, 1.807) is 13.8 Å². The maximum Gasteiger partial charge on any atom is 0.398 e. The third-order valence-electron chi connectivity index (χ3n) is 2.85. The van der Waals surface area contributed by atoms with Crippen LogP contribution in [0, 0.1) is 0 Å². The van der Waals surface area contributed by atoms with E-state index in [-0.39, 0.29) is 0 Å². The van der Waals surface area contributed by atoms with E-state index >= 15 is 0 Å². The highest BCUT2D eigenvalue weighted by atomic mass is 32.3. The fourth-order valence-corrected chi connectivity index (χ4v) is 4.32. The molecule has 8 nitrogen and oxygen atoms in total. The molecule has 0 aromatic rings. The van der Waals surface area contributed by atoms with Crippen molar-refractivity contribution in [1.29, 1.82) is 0 Å². The minimum Gasteiger partial charge on any atom is -0.480 e. The lowest BCUT2D eigenvalue weighted by Gasteiger charge is -2.41. The fourth-order valence-electron chi connectivity index (χ4n) is 2.20. The summed E-state index contributed by atoms with van der Waals surface area (Å²) in [6.45, 7) is 3.29. The van der Waals surface area contributed by atoms with Gasteiger partial charge in [0, 0.05) is 4.75 Å². The van der Waals surface area contributed by atoms with Crippen LogP contribution in [0.25, 0.3) is 0 Å². The molecular formula is C8H11NO7S2. The third-order valence-corrected chi connectivity index (χ3v) is 4.85. The summed E-state index contributed by atoms with van der Waals surface area (Å²) in [5.41, 5.74) is 0. The molecule has 2 fully saturated rings. The van der Waals surface area contributed by atoms with Crippen molar-refractivity contribution in [1.82, 2.24) is 4.90 Å². The van der Waals surface area contributed by atoms with E-state index in [2.05, 4.69) is 4.18 Å². The number of rotatable bonds is 3. The number of carboxylic acids is 1. The Morgan fingerprint density at radius 2 is 2.06 bits per heavy atom. The van der Waals surface area contributed by atoms with Crippen LogP contribution in [-0.2, 0) is 24.2 Å². The Hall–Kier alpha value is -0.840. The summed E-state index contributed by atoms with van der Waals surface area (Å²) in [6, 6.07) is -1.04. The third kappa shape index (κ3) is 1.98. The van der Waals surface area contributed by atoms with Gasteiger partial charge in [0.1, 0.15) is 11.4 Å². The SMILES string of the molecule is CC1(C)S[C@@H]2[C@H](OS(=O)(=O)O)C(=O)N2[C@H]1C(=O)O. The number of aliphatic carboxylic acids is 1. The number of carboxylic acid groups (broad SMARTS) is 1. The molecule has 2 aliphatic heterocycles. The Morgan fingerprint density at radius 3 is 2.50 bits per heavy atom.